The molecule has 0 aromatic carbocycles. The lowest BCUT2D eigenvalue weighted by molar-refractivity contribution is -0.157. The fourth-order valence-electron chi connectivity index (χ4n) is 2.27. The second kappa shape index (κ2) is 4.00. The smallest absolute Gasteiger partial charge is 0.246 e. The Morgan fingerprint density at radius 3 is 1.88 bits per heavy atom. The van der Waals surface area contributed by atoms with Crippen molar-refractivity contribution in [2.75, 3.05) is 0 Å². The highest BCUT2D eigenvalue weighted by atomic mass is 16.2. The summed E-state index contributed by atoms with van der Waals surface area (Å²) < 4.78 is 0. The van der Waals surface area contributed by atoms with Gasteiger partial charge in [0.15, 0.2) is 0 Å². The Morgan fingerprint density at radius 1 is 1.06 bits per heavy atom. The SMILES string of the molecule is CC1C(=O)NC(C(C)(C)C)C(=O)N1C(C)(C)C. The molecule has 0 spiro atoms. The third-order valence-electron chi connectivity index (χ3n) is 3.13. The van der Waals surface area contributed by atoms with E-state index in [9.17, 15) is 9.59 Å². The molecule has 1 rings (SSSR count). The molecule has 0 bridgehead atoms. The summed E-state index contributed by atoms with van der Waals surface area (Å²) in [6.45, 7) is 13.5. The summed E-state index contributed by atoms with van der Waals surface area (Å²) in [4.78, 5) is 26.1. The summed E-state index contributed by atoms with van der Waals surface area (Å²) in [6.07, 6.45) is 0. The Morgan fingerprint density at radius 2 is 1.53 bits per heavy atom. The second-order valence-corrected chi connectivity index (χ2v) is 6.86. The molecule has 2 unspecified atom stereocenters. The molecule has 1 N–H and O–H groups in total. The van der Waals surface area contributed by atoms with E-state index in [2.05, 4.69) is 5.32 Å². The van der Waals surface area contributed by atoms with Crippen LogP contribution in [0, 0.1) is 5.41 Å². The Hall–Kier alpha value is -1.06. The number of piperazine rings is 1. The van der Waals surface area contributed by atoms with Crippen LogP contribution in [0.5, 0.6) is 0 Å². The predicted octanol–water partition coefficient (Wildman–Crippen LogP) is 1.55. The fraction of sp³-hybridized carbons (Fsp3) is 0.846. The van der Waals surface area contributed by atoms with Gasteiger partial charge in [-0.1, -0.05) is 20.8 Å². The minimum absolute atomic E-state index is 0.0112. The zero-order valence-corrected chi connectivity index (χ0v) is 11.9. The van der Waals surface area contributed by atoms with Crippen molar-refractivity contribution in [3.63, 3.8) is 0 Å². The monoisotopic (exact) mass is 240 g/mol. The molecule has 0 aromatic heterocycles. The second-order valence-electron chi connectivity index (χ2n) is 6.86. The van der Waals surface area contributed by atoms with Crippen LogP contribution in [0.2, 0.25) is 0 Å². The van der Waals surface area contributed by atoms with Gasteiger partial charge in [0.2, 0.25) is 11.8 Å². The first-order chi connectivity index (χ1) is 7.46. The van der Waals surface area contributed by atoms with Gasteiger partial charge in [0, 0.05) is 5.54 Å². The highest BCUT2D eigenvalue weighted by Crippen LogP contribution is 2.29. The maximum Gasteiger partial charge on any atom is 0.246 e. The first kappa shape index (κ1) is 14.0. The Balaban J connectivity index is 3.13. The van der Waals surface area contributed by atoms with Crippen LogP contribution in [0.3, 0.4) is 0 Å². The Bertz CT molecular complexity index is 336. The number of amides is 2. The summed E-state index contributed by atoms with van der Waals surface area (Å²) in [6, 6.07) is -0.841. The van der Waals surface area contributed by atoms with Crippen molar-refractivity contribution in [2.45, 2.75) is 66.1 Å². The number of rotatable bonds is 0. The lowest BCUT2D eigenvalue weighted by Gasteiger charge is -2.48. The summed E-state index contributed by atoms with van der Waals surface area (Å²) in [5.74, 6) is -0.0587. The first-order valence-corrected chi connectivity index (χ1v) is 6.10. The van der Waals surface area contributed by atoms with E-state index >= 15 is 0 Å². The van der Waals surface area contributed by atoms with Crippen LogP contribution in [-0.2, 0) is 9.59 Å². The Labute approximate surface area is 104 Å². The van der Waals surface area contributed by atoms with Gasteiger partial charge in [0.25, 0.3) is 0 Å². The van der Waals surface area contributed by atoms with E-state index in [0.717, 1.165) is 0 Å². The molecule has 0 saturated carbocycles. The van der Waals surface area contributed by atoms with E-state index in [1.165, 1.54) is 0 Å². The van der Waals surface area contributed by atoms with Crippen molar-refractivity contribution < 1.29 is 9.59 Å². The maximum atomic E-state index is 12.5. The maximum absolute atomic E-state index is 12.5. The van der Waals surface area contributed by atoms with Gasteiger partial charge < -0.3 is 10.2 Å². The van der Waals surface area contributed by atoms with E-state index < -0.39 is 12.1 Å². The van der Waals surface area contributed by atoms with Gasteiger partial charge in [-0.25, -0.2) is 0 Å². The fourth-order valence-corrected chi connectivity index (χ4v) is 2.27. The van der Waals surface area contributed by atoms with Crippen LogP contribution in [0.4, 0.5) is 0 Å². The van der Waals surface area contributed by atoms with Crippen LogP contribution in [0.15, 0.2) is 0 Å². The zero-order valence-electron chi connectivity index (χ0n) is 11.9. The molecule has 4 nitrogen and oxygen atoms in total. The molecule has 4 heteroatoms. The van der Waals surface area contributed by atoms with Gasteiger partial charge in [-0.05, 0) is 33.1 Å². The predicted molar refractivity (Wildman–Crippen MR) is 67.4 cm³/mol. The quantitative estimate of drug-likeness (QED) is 0.698. The van der Waals surface area contributed by atoms with Crippen molar-refractivity contribution in [1.82, 2.24) is 10.2 Å². The minimum atomic E-state index is -0.439. The number of nitrogens with zero attached hydrogens (tertiary/aromatic N) is 1. The number of hydrogen-bond donors (Lipinski definition) is 1. The molecule has 0 aromatic rings. The molecule has 1 aliphatic rings. The molecular formula is C13H24N2O2. The number of nitrogens with one attached hydrogen (secondary N) is 1. The largest absolute Gasteiger partial charge is 0.342 e. The average Bonchev–Trinajstić information content (AvgIpc) is 2.07. The molecule has 1 fully saturated rings. The van der Waals surface area contributed by atoms with E-state index in [0.29, 0.717) is 0 Å². The van der Waals surface area contributed by atoms with Crippen molar-refractivity contribution in [1.29, 1.82) is 0 Å². The molecule has 2 atom stereocenters. The molecule has 1 heterocycles. The van der Waals surface area contributed by atoms with Crippen molar-refractivity contribution in [2.24, 2.45) is 5.41 Å². The first-order valence-electron chi connectivity index (χ1n) is 6.10. The number of carbonyl (C=O) groups excluding carboxylic acids is 2. The van der Waals surface area contributed by atoms with E-state index in [1.807, 2.05) is 41.5 Å². The van der Waals surface area contributed by atoms with Gasteiger partial charge >= 0.3 is 0 Å². The van der Waals surface area contributed by atoms with E-state index in [4.69, 9.17) is 0 Å². The van der Waals surface area contributed by atoms with Gasteiger partial charge in [-0.15, -0.1) is 0 Å². The highest BCUT2D eigenvalue weighted by Gasteiger charge is 2.46. The van der Waals surface area contributed by atoms with Gasteiger partial charge in [0.1, 0.15) is 12.1 Å². The van der Waals surface area contributed by atoms with Crippen LogP contribution in [-0.4, -0.2) is 34.3 Å². The highest BCUT2D eigenvalue weighted by molar-refractivity contribution is 5.97. The molecule has 98 valence electrons. The van der Waals surface area contributed by atoms with Crippen molar-refractivity contribution in [3.8, 4) is 0 Å². The van der Waals surface area contributed by atoms with E-state index in [1.54, 1.807) is 11.8 Å². The van der Waals surface area contributed by atoms with Crippen molar-refractivity contribution in [3.05, 3.63) is 0 Å². The summed E-state index contributed by atoms with van der Waals surface area (Å²) in [5.41, 5.74) is -0.603. The topological polar surface area (TPSA) is 49.4 Å². The van der Waals surface area contributed by atoms with Crippen molar-refractivity contribution >= 4 is 11.8 Å². The minimum Gasteiger partial charge on any atom is -0.342 e. The standard InChI is InChI=1S/C13H24N2O2/c1-8-10(16)14-9(12(2,3)4)11(17)15(8)13(5,6)7/h8-9H,1-7H3,(H,14,16). The lowest BCUT2D eigenvalue weighted by Crippen LogP contribution is -2.69. The third kappa shape index (κ3) is 2.61. The molecule has 1 saturated heterocycles. The molecule has 0 radical (unpaired) electrons. The average molecular weight is 240 g/mol. The van der Waals surface area contributed by atoms with Crippen LogP contribution in [0.1, 0.15) is 48.5 Å². The molecule has 0 aliphatic carbocycles. The molecule has 17 heavy (non-hydrogen) atoms. The van der Waals surface area contributed by atoms with Crippen LogP contribution in [0.25, 0.3) is 0 Å². The summed E-state index contributed by atoms with van der Waals surface area (Å²) >= 11 is 0. The molecule has 1 aliphatic heterocycles. The van der Waals surface area contributed by atoms with Gasteiger partial charge in [-0.3, -0.25) is 9.59 Å². The normalized spacial score (nSPS) is 27.1. The van der Waals surface area contributed by atoms with E-state index in [-0.39, 0.29) is 22.8 Å². The van der Waals surface area contributed by atoms with Crippen LogP contribution >= 0.6 is 0 Å². The van der Waals surface area contributed by atoms with Crippen LogP contribution < -0.4 is 5.32 Å². The number of hydrogen-bond acceptors (Lipinski definition) is 2. The lowest BCUT2D eigenvalue weighted by atomic mass is 9.82. The third-order valence-corrected chi connectivity index (χ3v) is 3.13. The number of carbonyl (C=O) groups is 2. The summed E-state index contributed by atoms with van der Waals surface area (Å²) in [7, 11) is 0. The Kier molecular flexibility index (Phi) is 3.29. The zero-order chi connectivity index (χ0) is 13.6. The van der Waals surface area contributed by atoms with Gasteiger partial charge in [-0.2, -0.15) is 0 Å². The van der Waals surface area contributed by atoms with Gasteiger partial charge in [0.05, 0.1) is 0 Å². The molecular weight excluding hydrogens is 216 g/mol. The summed E-state index contributed by atoms with van der Waals surface area (Å²) in [5, 5.41) is 2.83. The molecule has 2 amide bonds.